The van der Waals surface area contributed by atoms with Gasteiger partial charge in [-0.1, -0.05) is 0 Å². The Morgan fingerprint density at radius 3 is 2.90 bits per heavy atom. The van der Waals surface area contributed by atoms with Crippen LogP contribution in [-0.2, 0) is 20.1 Å². The molecule has 0 aromatic carbocycles. The molecule has 0 aliphatic carbocycles. The first kappa shape index (κ1) is 14.0. The summed E-state index contributed by atoms with van der Waals surface area (Å²) < 4.78 is 26.9. The van der Waals surface area contributed by atoms with Gasteiger partial charge in [-0.25, -0.2) is 8.78 Å². The Morgan fingerprint density at radius 2 is 2.30 bits per heavy atom. The molecule has 2 heterocycles. The number of carbonyl (C=O) groups excluding carboxylic acids is 1. The number of alkyl halides is 2. The summed E-state index contributed by atoms with van der Waals surface area (Å²) in [7, 11) is 1.60. The number of carbonyl (C=O) groups is 1. The van der Waals surface area contributed by atoms with Gasteiger partial charge in [0, 0.05) is 31.4 Å². The fourth-order valence-corrected chi connectivity index (χ4v) is 1.72. The van der Waals surface area contributed by atoms with Crippen LogP contribution in [0.3, 0.4) is 0 Å². The fourth-order valence-electron chi connectivity index (χ4n) is 1.72. The number of hydrogen-bond donors (Lipinski definition) is 2. The molecule has 2 aromatic heterocycles. The summed E-state index contributed by atoms with van der Waals surface area (Å²) in [5.41, 5.74) is 6.18. The first-order valence-corrected chi connectivity index (χ1v) is 5.83. The van der Waals surface area contributed by atoms with Crippen LogP contribution in [0.25, 0.3) is 0 Å². The molecule has 0 unspecified atom stereocenters. The minimum absolute atomic E-state index is 0.279. The standard InChI is InChI=1S/C11H14F2N6O/c1-18-8(11(14)20)2-10(17-18)15-3-7-4-16-19(5-7)6-9(12)13/h2,4-5,9H,3,6H2,1H3,(H2,14,20)(H,15,17). The quantitative estimate of drug-likeness (QED) is 0.812. The van der Waals surface area contributed by atoms with Gasteiger partial charge in [0.05, 0.1) is 6.20 Å². The summed E-state index contributed by atoms with van der Waals surface area (Å²) in [5.74, 6) is -0.0966. The lowest BCUT2D eigenvalue weighted by Crippen LogP contribution is -2.15. The Labute approximate surface area is 113 Å². The van der Waals surface area contributed by atoms with Crippen molar-refractivity contribution in [2.24, 2.45) is 12.8 Å². The summed E-state index contributed by atoms with van der Waals surface area (Å²) in [6.07, 6.45) is 0.578. The van der Waals surface area contributed by atoms with Gasteiger partial charge in [0.15, 0.2) is 0 Å². The van der Waals surface area contributed by atoms with Crippen molar-refractivity contribution in [3.8, 4) is 0 Å². The van der Waals surface area contributed by atoms with Crippen molar-refractivity contribution in [2.75, 3.05) is 5.32 Å². The Balaban J connectivity index is 1.96. The maximum absolute atomic E-state index is 12.2. The molecule has 0 bridgehead atoms. The number of nitrogens with zero attached hydrogens (tertiary/aromatic N) is 4. The number of halogens is 2. The number of nitrogens with two attached hydrogens (primary N) is 1. The molecule has 0 spiro atoms. The minimum Gasteiger partial charge on any atom is -0.364 e. The summed E-state index contributed by atoms with van der Waals surface area (Å²) in [5, 5.41) is 10.8. The van der Waals surface area contributed by atoms with Crippen LogP contribution in [0, 0.1) is 0 Å². The number of aryl methyl sites for hydroxylation is 1. The van der Waals surface area contributed by atoms with E-state index in [0.717, 1.165) is 5.56 Å². The van der Waals surface area contributed by atoms with Gasteiger partial charge in [0.1, 0.15) is 18.1 Å². The molecule has 0 aliphatic rings. The van der Waals surface area contributed by atoms with Gasteiger partial charge in [-0.2, -0.15) is 10.2 Å². The summed E-state index contributed by atoms with van der Waals surface area (Å²) in [6.45, 7) is -0.0755. The van der Waals surface area contributed by atoms with Crippen LogP contribution >= 0.6 is 0 Å². The molecule has 0 aliphatic heterocycles. The number of anilines is 1. The lowest BCUT2D eigenvalue weighted by Gasteiger charge is -2.00. The van der Waals surface area contributed by atoms with Gasteiger partial charge < -0.3 is 11.1 Å². The molecule has 7 nitrogen and oxygen atoms in total. The van der Waals surface area contributed by atoms with Crippen LogP contribution < -0.4 is 11.1 Å². The zero-order chi connectivity index (χ0) is 14.7. The molecular weight excluding hydrogens is 270 g/mol. The second-order valence-corrected chi connectivity index (χ2v) is 4.22. The van der Waals surface area contributed by atoms with Gasteiger partial charge in [0.25, 0.3) is 12.3 Å². The lowest BCUT2D eigenvalue weighted by molar-refractivity contribution is 0.0991. The van der Waals surface area contributed by atoms with Gasteiger partial charge in [-0.15, -0.1) is 0 Å². The van der Waals surface area contributed by atoms with Gasteiger partial charge in [-0.05, 0) is 0 Å². The van der Waals surface area contributed by atoms with Crippen LogP contribution in [0.4, 0.5) is 14.6 Å². The number of amides is 1. The van der Waals surface area contributed by atoms with Crippen molar-refractivity contribution >= 4 is 11.7 Å². The van der Waals surface area contributed by atoms with E-state index >= 15 is 0 Å². The molecule has 9 heteroatoms. The number of rotatable bonds is 6. The molecule has 0 saturated heterocycles. The van der Waals surface area contributed by atoms with Crippen molar-refractivity contribution in [1.82, 2.24) is 19.6 Å². The predicted molar refractivity (Wildman–Crippen MR) is 67.3 cm³/mol. The normalized spacial score (nSPS) is 11.0. The average molecular weight is 284 g/mol. The van der Waals surface area contributed by atoms with Gasteiger partial charge in [-0.3, -0.25) is 14.2 Å². The lowest BCUT2D eigenvalue weighted by atomic mass is 10.3. The molecule has 0 saturated carbocycles. The molecule has 0 atom stereocenters. The second-order valence-electron chi connectivity index (χ2n) is 4.22. The van der Waals surface area contributed by atoms with Gasteiger partial charge >= 0.3 is 0 Å². The van der Waals surface area contributed by atoms with Crippen molar-refractivity contribution in [2.45, 2.75) is 19.5 Å². The van der Waals surface area contributed by atoms with E-state index in [4.69, 9.17) is 5.73 Å². The van der Waals surface area contributed by atoms with Gasteiger partial charge in [0.2, 0.25) is 0 Å². The van der Waals surface area contributed by atoms with E-state index in [1.807, 2.05) is 0 Å². The van der Waals surface area contributed by atoms with E-state index < -0.39 is 18.9 Å². The van der Waals surface area contributed by atoms with E-state index in [9.17, 15) is 13.6 Å². The third-order valence-electron chi connectivity index (χ3n) is 2.62. The zero-order valence-corrected chi connectivity index (χ0v) is 10.8. The Hall–Kier alpha value is -2.45. The van der Waals surface area contributed by atoms with Crippen LogP contribution in [-0.4, -0.2) is 31.9 Å². The van der Waals surface area contributed by atoms with Crippen molar-refractivity contribution in [3.05, 3.63) is 29.7 Å². The minimum atomic E-state index is -2.44. The summed E-state index contributed by atoms with van der Waals surface area (Å²) in [4.78, 5) is 11.1. The highest BCUT2D eigenvalue weighted by Crippen LogP contribution is 2.10. The third kappa shape index (κ3) is 3.31. The molecule has 0 fully saturated rings. The highest BCUT2D eigenvalue weighted by Gasteiger charge is 2.10. The Bertz CT molecular complexity index is 606. The molecule has 2 rings (SSSR count). The SMILES string of the molecule is Cn1nc(NCc2cnn(CC(F)F)c2)cc1C(N)=O. The number of nitrogens with one attached hydrogen (secondary N) is 1. The number of aromatic nitrogens is 4. The van der Waals surface area contributed by atoms with Crippen molar-refractivity contribution in [3.63, 3.8) is 0 Å². The van der Waals surface area contributed by atoms with E-state index in [2.05, 4.69) is 15.5 Å². The molecule has 20 heavy (non-hydrogen) atoms. The maximum atomic E-state index is 12.2. The Kier molecular flexibility index (Phi) is 3.97. The molecule has 1 amide bonds. The molecular formula is C11H14F2N6O. The molecule has 0 radical (unpaired) electrons. The molecule has 3 N–H and O–H groups in total. The smallest absolute Gasteiger partial charge is 0.267 e. The molecule has 2 aromatic rings. The predicted octanol–water partition coefficient (Wildman–Crippen LogP) is 0.593. The largest absolute Gasteiger partial charge is 0.364 e. The van der Waals surface area contributed by atoms with Crippen LogP contribution in [0.5, 0.6) is 0 Å². The number of hydrogen-bond acceptors (Lipinski definition) is 4. The maximum Gasteiger partial charge on any atom is 0.267 e. The van der Waals surface area contributed by atoms with Crippen LogP contribution in [0.2, 0.25) is 0 Å². The zero-order valence-electron chi connectivity index (χ0n) is 10.8. The van der Waals surface area contributed by atoms with E-state index in [-0.39, 0.29) is 5.69 Å². The highest BCUT2D eigenvalue weighted by atomic mass is 19.3. The first-order chi connectivity index (χ1) is 9.45. The summed E-state index contributed by atoms with van der Waals surface area (Å²) >= 11 is 0. The Morgan fingerprint density at radius 1 is 1.55 bits per heavy atom. The monoisotopic (exact) mass is 284 g/mol. The average Bonchev–Trinajstić information content (AvgIpc) is 2.92. The highest BCUT2D eigenvalue weighted by molar-refractivity contribution is 5.91. The van der Waals surface area contributed by atoms with E-state index in [1.54, 1.807) is 7.05 Å². The van der Waals surface area contributed by atoms with Crippen molar-refractivity contribution in [1.29, 1.82) is 0 Å². The fraction of sp³-hybridized carbons (Fsp3) is 0.364. The third-order valence-corrected chi connectivity index (χ3v) is 2.62. The first-order valence-electron chi connectivity index (χ1n) is 5.83. The molecule has 108 valence electrons. The topological polar surface area (TPSA) is 90.8 Å². The second kappa shape index (κ2) is 5.68. The van der Waals surface area contributed by atoms with Crippen molar-refractivity contribution < 1.29 is 13.6 Å². The van der Waals surface area contributed by atoms with Crippen LogP contribution in [0.15, 0.2) is 18.5 Å². The van der Waals surface area contributed by atoms with E-state index in [1.165, 1.54) is 27.8 Å². The van der Waals surface area contributed by atoms with E-state index in [0.29, 0.717) is 12.4 Å². The summed E-state index contributed by atoms with van der Waals surface area (Å²) in [6, 6.07) is 1.52. The number of primary amides is 1. The van der Waals surface area contributed by atoms with Crippen LogP contribution in [0.1, 0.15) is 16.1 Å².